The highest BCUT2D eigenvalue weighted by atomic mass is 16.5. The first-order valence-corrected chi connectivity index (χ1v) is 5.83. The molecular weight excluding hydrogens is 242 g/mol. The summed E-state index contributed by atoms with van der Waals surface area (Å²) in [6.45, 7) is 0.434. The van der Waals surface area contributed by atoms with E-state index in [1.165, 1.54) is 0 Å². The summed E-state index contributed by atoms with van der Waals surface area (Å²) in [5.74, 6) is 5.62. The van der Waals surface area contributed by atoms with Crippen LogP contribution in [-0.4, -0.2) is 6.03 Å². The molecule has 2 aromatic rings. The highest BCUT2D eigenvalue weighted by Crippen LogP contribution is 2.24. The molecule has 2 rings (SSSR count). The topological polar surface area (TPSA) is 76.4 Å². The van der Waals surface area contributed by atoms with Gasteiger partial charge in [0.15, 0.2) is 0 Å². The van der Waals surface area contributed by atoms with Gasteiger partial charge < -0.3 is 10.1 Å². The lowest BCUT2D eigenvalue weighted by Crippen LogP contribution is -2.34. The van der Waals surface area contributed by atoms with Crippen molar-refractivity contribution >= 4 is 11.7 Å². The van der Waals surface area contributed by atoms with E-state index in [2.05, 4.69) is 5.32 Å². The third kappa shape index (κ3) is 3.72. The first-order valence-electron chi connectivity index (χ1n) is 5.83. The van der Waals surface area contributed by atoms with E-state index in [9.17, 15) is 4.79 Å². The number of ether oxygens (including phenoxy) is 1. The van der Waals surface area contributed by atoms with E-state index in [1.54, 1.807) is 12.1 Å². The molecule has 0 aliphatic heterocycles. The van der Waals surface area contributed by atoms with Crippen molar-refractivity contribution in [3.05, 3.63) is 60.2 Å². The number of para-hydroxylation sites is 2. The van der Waals surface area contributed by atoms with Crippen molar-refractivity contribution in [2.45, 2.75) is 6.61 Å². The second-order valence-corrected chi connectivity index (χ2v) is 3.87. The number of carbonyl (C=O) groups excluding carboxylic acids is 1. The molecule has 0 atom stereocenters. The fraction of sp³-hybridized carbons (Fsp3) is 0.0714. The number of rotatable bonds is 4. The van der Waals surface area contributed by atoms with E-state index < -0.39 is 6.03 Å². The Morgan fingerprint density at radius 1 is 1.05 bits per heavy atom. The molecule has 0 spiro atoms. The third-order valence-corrected chi connectivity index (χ3v) is 2.50. The molecule has 0 heterocycles. The standard InChI is InChI=1S/C14H15N3O2/c15-17-14(18)16-12-8-4-5-9-13(12)19-10-11-6-2-1-3-7-11/h1-9H,10,15H2,(H2,16,17,18). The minimum atomic E-state index is -0.490. The van der Waals surface area contributed by atoms with Gasteiger partial charge in [-0.3, -0.25) is 5.43 Å². The van der Waals surface area contributed by atoms with Gasteiger partial charge in [0, 0.05) is 0 Å². The molecule has 0 radical (unpaired) electrons. The fourth-order valence-corrected chi connectivity index (χ4v) is 1.59. The molecule has 0 aliphatic carbocycles. The van der Waals surface area contributed by atoms with Crippen LogP contribution < -0.4 is 21.3 Å². The van der Waals surface area contributed by atoms with Crippen LogP contribution in [0.1, 0.15) is 5.56 Å². The second kappa shape index (κ2) is 6.42. The van der Waals surface area contributed by atoms with Gasteiger partial charge in [0.2, 0.25) is 0 Å². The van der Waals surface area contributed by atoms with Crippen molar-refractivity contribution in [1.82, 2.24) is 5.43 Å². The number of carbonyl (C=O) groups is 1. The van der Waals surface area contributed by atoms with Crippen LogP contribution in [0.4, 0.5) is 10.5 Å². The molecule has 19 heavy (non-hydrogen) atoms. The normalized spacial score (nSPS) is 9.74. The zero-order chi connectivity index (χ0) is 13.5. The van der Waals surface area contributed by atoms with Gasteiger partial charge in [-0.05, 0) is 17.7 Å². The average Bonchev–Trinajstić information content (AvgIpc) is 2.47. The maximum atomic E-state index is 11.2. The summed E-state index contributed by atoms with van der Waals surface area (Å²) in [4.78, 5) is 11.2. The van der Waals surface area contributed by atoms with E-state index in [0.717, 1.165) is 5.56 Å². The molecule has 4 N–H and O–H groups in total. The van der Waals surface area contributed by atoms with Crippen molar-refractivity contribution in [2.75, 3.05) is 5.32 Å². The summed E-state index contributed by atoms with van der Waals surface area (Å²) < 4.78 is 5.69. The van der Waals surface area contributed by atoms with Gasteiger partial charge in [-0.1, -0.05) is 42.5 Å². The first-order chi connectivity index (χ1) is 9.29. The van der Waals surface area contributed by atoms with Gasteiger partial charge in [-0.25, -0.2) is 10.6 Å². The van der Waals surface area contributed by atoms with Crippen LogP contribution in [0, 0.1) is 0 Å². The van der Waals surface area contributed by atoms with Crippen LogP contribution in [0.15, 0.2) is 54.6 Å². The summed E-state index contributed by atoms with van der Waals surface area (Å²) in [5, 5.41) is 2.60. The number of urea groups is 1. The Kier molecular flexibility index (Phi) is 4.36. The van der Waals surface area contributed by atoms with Gasteiger partial charge in [0.1, 0.15) is 12.4 Å². The molecule has 0 aromatic heterocycles. The molecule has 5 nitrogen and oxygen atoms in total. The highest BCUT2D eigenvalue weighted by molar-refractivity contribution is 5.90. The zero-order valence-electron chi connectivity index (χ0n) is 10.3. The quantitative estimate of drug-likeness (QED) is 0.446. The van der Waals surface area contributed by atoms with E-state index in [-0.39, 0.29) is 0 Å². The van der Waals surface area contributed by atoms with Crippen LogP contribution in [0.25, 0.3) is 0 Å². The zero-order valence-corrected chi connectivity index (χ0v) is 10.3. The maximum Gasteiger partial charge on any atom is 0.333 e. The summed E-state index contributed by atoms with van der Waals surface area (Å²) in [6.07, 6.45) is 0. The monoisotopic (exact) mass is 257 g/mol. The summed E-state index contributed by atoms with van der Waals surface area (Å²) in [5.41, 5.74) is 3.64. The lowest BCUT2D eigenvalue weighted by atomic mass is 10.2. The van der Waals surface area contributed by atoms with Crippen molar-refractivity contribution in [2.24, 2.45) is 5.84 Å². The van der Waals surface area contributed by atoms with E-state index in [1.807, 2.05) is 47.9 Å². The van der Waals surface area contributed by atoms with Crippen LogP contribution in [0.5, 0.6) is 5.75 Å². The largest absolute Gasteiger partial charge is 0.487 e. The summed E-state index contributed by atoms with van der Waals surface area (Å²) in [6, 6.07) is 16.5. The minimum Gasteiger partial charge on any atom is -0.487 e. The summed E-state index contributed by atoms with van der Waals surface area (Å²) in [7, 11) is 0. The number of benzene rings is 2. The number of anilines is 1. The van der Waals surface area contributed by atoms with Crippen LogP contribution in [0.2, 0.25) is 0 Å². The smallest absolute Gasteiger partial charge is 0.333 e. The number of hydrogen-bond acceptors (Lipinski definition) is 3. The minimum absolute atomic E-state index is 0.434. The van der Waals surface area contributed by atoms with Crippen LogP contribution in [0.3, 0.4) is 0 Å². The molecule has 5 heteroatoms. The van der Waals surface area contributed by atoms with Crippen molar-refractivity contribution < 1.29 is 9.53 Å². The molecule has 0 saturated heterocycles. The molecule has 98 valence electrons. The van der Waals surface area contributed by atoms with Gasteiger partial charge in [-0.15, -0.1) is 0 Å². The summed E-state index contributed by atoms with van der Waals surface area (Å²) >= 11 is 0. The Morgan fingerprint density at radius 3 is 2.47 bits per heavy atom. The van der Waals surface area contributed by atoms with Crippen LogP contribution >= 0.6 is 0 Å². The predicted octanol–water partition coefficient (Wildman–Crippen LogP) is 2.26. The lowest BCUT2D eigenvalue weighted by Gasteiger charge is -2.12. The molecule has 2 amide bonds. The van der Waals surface area contributed by atoms with Gasteiger partial charge in [0.25, 0.3) is 0 Å². The van der Waals surface area contributed by atoms with Gasteiger partial charge in [0.05, 0.1) is 5.69 Å². The second-order valence-electron chi connectivity index (χ2n) is 3.87. The lowest BCUT2D eigenvalue weighted by molar-refractivity contribution is 0.252. The van der Waals surface area contributed by atoms with Gasteiger partial charge >= 0.3 is 6.03 Å². The van der Waals surface area contributed by atoms with E-state index in [0.29, 0.717) is 18.0 Å². The van der Waals surface area contributed by atoms with E-state index in [4.69, 9.17) is 10.6 Å². The Bertz CT molecular complexity index is 543. The molecule has 0 bridgehead atoms. The molecular formula is C14H15N3O2. The highest BCUT2D eigenvalue weighted by Gasteiger charge is 2.06. The predicted molar refractivity (Wildman–Crippen MR) is 73.6 cm³/mol. The molecule has 2 aromatic carbocycles. The molecule has 0 fully saturated rings. The first kappa shape index (κ1) is 12.9. The Hall–Kier alpha value is -2.53. The average molecular weight is 257 g/mol. The third-order valence-electron chi connectivity index (χ3n) is 2.50. The molecule has 0 unspecified atom stereocenters. The Balaban J connectivity index is 2.05. The molecule has 0 saturated carbocycles. The fourth-order valence-electron chi connectivity index (χ4n) is 1.59. The van der Waals surface area contributed by atoms with E-state index >= 15 is 0 Å². The maximum absolute atomic E-state index is 11.2. The molecule has 0 aliphatic rings. The number of hydrogen-bond donors (Lipinski definition) is 3. The SMILES string of the molecule is NNC(=O)Nc1ccccc1OCc1ccccc1. The van der Waals surface area contributed by atoms with Crippen molar-refractivity contribution in [1.29, 1.82) is 0 Å². The number of hydrazine groups is 1. The van der Waals surface area contributed by atoms with Crippen molar-refractivity contribution in [3.63, 3.8) is 0 Å². The van der Waals surface area contributed by atoms with Crippen molar-refractivity contribution in [3.8, 4) is 5.75 Å². The number of nitrogens with two attached hydrogens (primary N) is 1. The number of nitrogens with one attached hydrogen (secondary N) is 2. The van der Waals surface area contributed by atoms with Gasteiger partial charge in [-0.2, -0.15) is 0 Å². The Labute approximate surface area is 111 Å². The number of amides is 2. The van der Waals surface area contributed by atoms with Crippen LogP contribution in [-0.2, 0) is 6.61 Å². The Morgan fingerprint density at radius 2 is 1.74 bits per heavy atom.